The van der Waals surface area contributed by atoms with Gasteiger partial charge in [-0.3, -0.25) is 9.10 Å². The second kappa shape index (κ2) is 4.37. The van der Waals surface area contributed by atoms with Gasteiger partial charge in [-0.25, -0.2) is 8.42 Å². The molecule has 0 unspecified atom stereocenters. The number of nitrogens with zero attached hydrogens (tertiary/aromatic N) is 1. The molecule has 0 amide bonds. The Labute approximate surface area is 99.7 Å². The molecule has 1 heterocycles. The van der Waals surface area contributed by atoms with Gasteiger partial charge in [0.05, 0.1) is 17.9 Å². The first-order valence-corrected chi connectivity index (χ1v) is 6.92. The Morgan fingerprint density at radius 2 is 2.06 bits per heavy atom. The van der Waals surface area contributed by atoms with Crippen LogP contribution in [0, 0.1) is 0 Å². The van der Waals surface area contributed by atoms with Crippen molar-refractivity contribution in [1.82, 2.24) is 0 Å². The lowest BCUT2D eigenvalue weighted by Crippen LogP contribution is -2.26. The summed E-state index contributed by atoms with van der Waals surface area (Å²) in [4.78, 5) is 10.7. The number of hydrogen-bond acceptors (Lipinski definition) is 3. The highest BCUT2D eigenvalue weighted by Gasteiger charge is 2.29. The Balaban J connectivity index is 2.41. The van der Waals surface area contributed by atoms with Crippen molar-refractivity contribution in [2.45, 2.75) is 12.8 Å². The van der Waals surface area contributed by atoms with Crippen LogP contribution in [-0.4, -0.2) is 31.8 Å². The van der Waals surface area contributed by atoms with Crippen molar-refractivity contribution in [3.8, 4) is 0 Å². The van der Waals surface area contributed by atoms with Gasteiger partial charge in [-0.1, -0.05) is 18.2 Å². The zero-order valence-electron chi connectivity index (χ0n) is 9.17. The summed E-state index contributed by atoms with van der Waals surface area (Å²) in [5.41, 5.74) is 1.03. The molecule has 1 saturated heterocycles. The van der Waals surface area contributed by atoms with Gasteiger partial charge in [0.1, 0.15) is 0 Å². The number of carboxylic acid groups (broad SMARTS) is 1. The molecule has 0 bridgehead atoms. The van der Waals surface area contributed by atoms with Gasteiger partial charge in [-0.2, -0.15) is 0 Å². The lowest BCUT2D eigenvalue weighted by Gasteiger charge is -2.19. The van der Waals surface area contributed by atoms with Crippen molar-refractivity contribution in [3.63, 3.8) is 0 Å². The molecule has 0 saturated carbocycles. The maximum atomic E-state index is 11.8. The third-order valence-electron chi connectivity index (χ3n) is 2.70. The van der Waals surface area contributed by atoms with E-state index in [9.17, 15) is 13.2 Å². The predicted molar refractivity (Wildman–Crippen MR) is 63.5 cm³/mol. The maximum absolute atomic E-state index is 11.8. The molecule has 0 radical (unpaired) electrons. The van der Waals surface area contributed by atoms with Crippen LogP contribution in [0.2, 0.25) is 0 Å². The van der Waals surface area contributed by atoms with E-state index in [2.05, 4.69) is 0 Å². The number of benzene rings is 1. The Morgan fingerprint density at radius 3 is 2.65 bits per heavy atom. The number of sulfonamides is 1. The second-order valence-corrected chi connectivity index (χ2v) is 5.95. The standard InChI is InChI=1S/C11H13NO4S/c13-11(14)8-9-4-1-2-5-10(9)12-6-3-7-17(12,15)16/h1-2,4-5H,3,6-8H2,(H,13,14). The fourth-order valence-corrected chi connectivity index (χ4v) is 3.58. The molecule has 6 heteroatoms. The molecular formula is C11H13NO4S. The van der Waals surface area contributed by atoms with Gasteiger partial charge in [-0.15, -0.1) is 0 Å². The smallest absolute Gasteiger partial charge is 0.307 e. The molecule has 1 aromatic rings. The zero-order chi connectivity index (χ0) is 12.5. The van der Waals surface area contributed by atoms with Crippen LogP contribution in [0.4, 0.5) is 5.69 Å². The topological polar surface area (TPSA) is 74.7 Å². The lowest BCUT2D eigenvalue weighted by atomic mass is 10.1. The Kier molecular flexibility index (Phi) is 3.06. The molecule has 0 aliphatic carbocycles. The van der Waals surface area contributed by atoms with E-state index >= 15 is 0 Å². The van der Waals surface area contributed by atoms with Crippen LogP contribution in [0.25, 0.3) is 0 Å². The van der Waals surface area contributed by atoms with Crippen LogP contribution in [0.5, 0.6) is 0 Å². The molecule has 17 heavy (non-hydrogen) atoms. The summed E-state index contributed by atoms with van der Waals surface area (Å²) in [5, 5.41) is 8.80. The predicted octanol–water partition coefficient (Wildman–Crippen LogP) is 0.854. The normalized spacial score (nSPS) is 18.2. The summed E-state index contributed by atoms with van der Waals surface area (Å²) in [6.07, 6.45) is 0.423. The van der Waals surface area contributed by atoms with Crippen LogP contribution >= 0.6 is 0 Å². The van der Waals surface area contributed by atoms with Crippen molar-refractivity contribution < 1.29 is 18.3 Å². The minimum atomic E-state index is -3.26. The Hall–Kier alpha value is -1.56. The minimum Gasteiger partial charge on any atom is -0.481 e. The molecule has 1 aliphatic rings. The van der Waals surface area contributed by atoms with E-state index in [0.29, 0.717) is 24.2 Å². The maximum Gasteiger partial charge on any atom is 0.307 e. The highest BCUT2D eigenvalue weighted by atomic mass is 32.2. The Bertz CT molecular complexity index is 538. The summed E-state index contributed by atoms with van der Waals surface area (Å²) in [5.74, 6) is -0.831. The van der Waals surface area contributed by atoms with Crippen LogP contribution in [-0.2, 0) is 21.2 Å². The fourth-order valence-electron chi connectivity index (χ4n) is 1.98. The van der Waals surface area contributed by atoms with Gasteiger partial charge < -0.3 is 5.11 Å². The van der Waals surface area contributed by atoms with Gasteiger partial charge >= 0.3 is 5.97 Å². The van der Waals surface area contributed by atoms with Crippen LogP contribution < -0.4 is 4.31 Å². The van der Waals surface area contributed by atoms with Crippen LogP contribution in [0.1, 0.15) is 12.0 Å². The lowest BCUT2D eigenvalue weighted by molar-refractivity contribution is -0.136. The first-order valence-electron chi connectivity index (χ1n) is 5.31. The Morgan fingerprint density at radius 1 is 1.35 bits per heavy atom. The monoisotopic (exact) mass is 255 g/mol. The average molecular weight is 255 g/mol. The summed E-state index contributed by atoms with van der Waals surface area (Å²) in [6.45, 7) is 0.430. The summed E-state index contributed by atoms with van der Waals surface area (Å²) >= 11 is 0. The number of hydrogen-bond donors (Lipinski definition) is 1. The van der Waals surface area contributed by atoms with Crippen molar-refractivity contribution >= 4 is 21.7 Å². The average Bonchev–Trinajstić information content (AvgIpc) is 2.58. The molecule has 0 aromatic heterocycles. The molecule has 92 valence electrons. The highest BCUT2D eigenvalue weighted by Crippen LogP contribution is 2.27. The third kappa shape index (κ3) is 2.41. The molecule has 0 spiro atoms. The largest absolute Gasteiger partial charge is 0.481 e. The van der Waals surface area contributed by atoms with E-state index in [0.717, 1.165) is 0 Å². The number of para-hydroxylation sites is 1. The van der Waals surface area contributed by atoms with Crippen LogP contribution in [0.15, 0.2) is 24.3 Å². The molecule has 1 aliphatic heterocycles. The quantitative estimate of drug-likeness (QED) is 0.869. The van der Waals surface area contributed by atoms with E-state index in [-0.39, 0.29) is 12.2 Å². The molecule has 1 aromatic carbocycles. The number of carbonyl (C=O) groups is 1. The fraction of sp³-hybridized carbons (Fsp3) is 0.364. The molecule has 1 N–H and O–H groups in total. The summed E-state index contributed by atoms with van der Waals surface area (Å²) in [7, 11) is -3.26. The van der Waals surface area contributed by atoms with E-state index in [1.54, 1.807) is 24.3 Å². The van der Waals surface area contributed by atoms with Crippen molar-refractivity contribution in [2.75, 3.05) is 16.6 Å². The van der Waals surface area contributed by atoms with Gasteiger partial charge in [0.15, 0.2) is 0 Å². The number of aliphatic carboxylic acids is 1. The van der Waals surface area contributed by atoms with Crippen molar-refractivity contribution in [2.24, 2.45) is 0 Å². The van der Waals surface area contributed by atoms with Gasteiger partial charge in [0, 0.05) is 6.54 Å². The molecule has 1 fully saturated rings. The number of rotatable bonds is 3. The first-order chi connectivity index (χ1) is 8.00. The second-order valence-electron chi connectivity index (χ2n) is 3.94. The zero-order valence-corrected chi connectivity index (χ0v) is 9.98. The summed E-state index contributed by atoms with van der Waals surface area (Å²) < 4.78 is 24.9. The van der Waals surface area contributed by atoms with Crippen molar-refractivity contribution in [1.29, 1.82) is 0 Å². The summed E-state index contributed by atoms with van der Waals surface area (Å²) in [6, 6.07) is 6.73. The molecule has 0 atom stereocenters. The molecule has 5 nitrogen and oxygen atoms in total. The highest BCUT2D eigenvalue weighted by molar-refractivity contribution is 7.93. The molecule has 2 rings (SSSR count). The number of carboxylic acids is 1. The third-order valence-corrected chi connectivity index (χ3v) is 4.56. The van der Waals surface area contributed by atoms with Gasteiger partial charge in [0.25, 0.3) is 0 Å². The van der Waals surface area contributed by atoms with E-state index < -0.39 is 16.0 Å². The minimum absolute atomic E-state index is 0.133. The van der Waals surface area contributed by atoms with Crippen LogP contribution in [0.3, 0.4) is 0 Å². The van der Waals surface area contributed by atoms with E-state index in [4.69, 9.17) is 5.11 Å². The van der Waals surface area contributed by atoms with Gasteiger partial charge in [0.2, 0.25) is 10.0 Å². The van der Waals surface area contributed by atoms with E-state index in [1.807, 2.05) is 0 Å². The SMILES string of the molecule is O=C(O)Cc1ccccc1N1CCCS1(=O)=O. The first kappa shape index (κ1) is 11.9. The molecular weight excluding hydrogens is 242 g/mol. The van der Waals surface area contributed by atoms with Gasteiger partial charge in [-0.05, 0) is 18.1 Å². The number of anilines is 1. The van der Waals surface area contributed by atoms with E-state index in [1.165, 1.54) is 4.31 Å². The van der Waals surface area contributed by atoms with Crippen molar-refractivity contribution in [3.05, 3.63) is 29.8 Å².